The molecule has 0 bridgehead atoms. The topological polar surface area (TPSA) is 51.8 Å². The van der Waals surface area contributed by atoms with Crippen LogP contribution in [0.1, 0.15) is 0 Å². The fourth-order valence-electron chi connectivity index (χ4n) is 10.1. The molecule has 14 rings (SSSR count). The minimum atomic E-state index is 0.624. The third-order valence-corrected chi connectivity index (χ3v) is 14.6. The van der Waals surface area contributed by atoms with Crippen LogP contribution in [0, 0.1) is 0 Å². The number of benzene rings is 11. The summed E-state index contributed by atoms with van der Waals surface area (Å²) in [6.45, 7) is 0. The highest BCUT2D eigenvalue weighted by molar-refractivity contribution is 7.25. The summed E-state index contributed by atoms with van der Waals surface area (Å²) in [7, 11) is 0. The molecule has 68 heavy (non-hydrogen) atoms. The Morgan fingerprint density at radius 3 is 1.47 bits per heavy atom. The normalized spacial score (nSPS) is 11.8. The van der Waals surface area contributed by atoms with Crippen LogP contribution < -0.4 is 0 Å². The zero-order valence-corrected chi connectivity index (χ0v) is 37.3. The number of rotatable bonds is 6. The lowest BCUT2D eigenvalue weighted by molar-refractivity contribution is 0.669. The molecule has 0 aliphatic rings. The molecule has 0 amide bonds. The molecular weight excluding hydrogens is 847 g/mol. The maximum absolute atomic E-state index is 6.53. The van der Waals surface area contributed by atoms with Crippen LogP contribution in [0.4, 0.5) is 0 Å². The third-order valence-electron chi connectivity index (χ3n) is 13.5. The Labute approximate surface area is 395 Å². The molecule has 3 aromatic heterocycles. The van der Waals surface area contributed by atoms with Crippen molar-refractivity contribution in [2.75, 3.05) is 0 Å². The van der Waals surface area contributed by atoms with Gasteiger partial charge in [-0.3, -0.25) is 0 Å². The molecule has 0 fully saturated rings. The lowest BCUT2D eigenvalue weighted by Crippen LogP contribution is -2.00. The van der Waals surface area contributed by atoms with E-state index < -0.39 is 0 Å². The molecule has 316 valence electrons. The molecule has 0 N–H and O–H groups in total. The Balaban J connectivity index is 0.851. The molecule has 0 spiro atoms. The first kappa shape index (κ1) is 38.5. The molecular formula is C63H37N3OS. The van der Waals surface area contributed by atoms with Gasteiger partial charge < -0.3 is 4.42 Å². The Morgan fingerprint density at radius 2 is 0.750 bits per heavy atom. The summed E-state index contributed by atoms with van der Waals surface area (Å²) in [6, 6.07) is 80.0. The quantitative estimate of drug-likeness (QED) is 0.167. The molecule has 3 heterocycles. The molecule has 0 aliphatic carbocycles. The van der Waals surface area contributed by atoms with Gasteiger partial charge in [0.1, 0.15) is 11.2 Å². The van der Waals surface area contributed by atoms with Crippen molar-refractivity contribution in [1.29, 1.82) is 0 Å². The van der Waals surface area contributed by atoms with Gasteiger partial charge in [0, 0.05) is 47.6 Å². The Morgan fingerprint density at radius 1 is 0.279 bits per heavy atom. The molecule has 5 heteroatoms. The second kappa shape index (κ2) is 15.4. The summed E-state index contributed by atoms with van der Waals surface area (Å²) < 4.78 is 9.13. The van der Waals surface area contributed by atoms with Gasteiger partial charge in [-0.2, -0.15) is 0 Å². The standard InChI is InChI=1S/C63H37N3OS/c1-3-11-42-33-44(25-21-38(42)9-1)40-19-23-41(24-20-40)61-64-62(49-29-22-39-10-2-4-12-43(39)35-49)66-63(65-61)50-30-27-45-34-47(28-26-46(45)36-50)51-14-7-16-56-59(51)54-37-48(31-32-55(54)67-56)52-15-8-18-58-60(52)53-13-5-6-17-57(53)68-58/h1-37H. The highest BCUT2D eigenvalue weighted by Gasteiger charge is 2.18. The van der Waals surface area contributed by atoms with Crippen molar-refractivity contribution >= 4 is 85.8 Å². The van der Waals surface area contributed by atoms with E-state index in [1.54, 1.807) is 0 Å². The van der Waals surface area contributed by atoms with Gasteiger partial charge in [0.15, 0.2) is 17.5 Å². The molecule has 0 atom stereocenters. The Kier molecular flexibility index (Phi) is 8.73. The van der Waals surface area contributed by atoms with Gasteiger partial charge in [0.05, 0.1) is 0 Å². The zero-order valence-electron chi connectivity index (χ0n) is 36.5. The molecule has 0 saturated carbocycles. The first-order chi connectivity index (χ1) is 33.6. The zero-order chi connectivity index (χ0) is 44.7. The van der Waals surface area contributed by atoms with E-state index in [0.717, 1.165) is 71.5 Å². The van der Waals surface area contributed by atoms with Crippen LogP contribution in [-0.2, 0) is 0 Å². The van der Waals surface area contributed by atoms with E-state index in [1.165, 1.54) is 53.0 Å². The maximum Gasteiger partial charge on any atom is 0.164 e. The van der Waals surface area contributed by atoms with Crippen molar-refractivity contribution in [2.45, 2.75) is 0 Å². The lowest BCUT2D eigenvalue weighted by atomic mass is 9.94. The number of thiophene rings is 1. The number of hydrogen-bond acceptors (Lipinski definition) is 5. The Hall–Kier alpha value is -8.77. The summed E-state index contributed by atoms with van der Waals surface area (Å²) in [6.07, 6.45) is 0. The maximum atomic E-state index is 6.53. The van der Waals surface area contributed by atoms with Gasteiger partial charge in [-0.05, 0) is 120 Å². The van der Waals surface area contributed by atoms with Crippen LogP contribution in [0.25, 0.3) is 142 Å². The average molecular weight is 884 g/mol. The van der Waals surface area contributed by atoms with E-state index in [1.807, 2.05) is 11.3 Å². The van der Waals surface area contributed by atoms with Crippen molar-refractivity contribution in [1.82, 2.24) is 15.0 Å². The Bertz CT molecular complexity index is 4340. The SMILES string of the molecule is c1ccc2cc(-c3ccc(-c4nc(-c5ccc6ccccc6c5)nc(-c5ccc6cc(-c7cccc8oc9ccc(-c%10cccc%11sc%12ccccc%12c%10%11)cc9c78)ccc6c5)n4)cc3)ccc2c1. The van der Waals surface area contributed by atoms with Crippen molar-refractivity contribution in [3.8, 4) is 67.5 Å². The number of fused-ring (bicyclic) bond motifs is 9. The predicted octanol–water partition coefficient (Wildman–Crippen LogP) is 17.6. The van der Waals surface area contributed by atoms with Gasteiger partial charge in [-0.15, -0.1) is 11.3 Å². The van der Waals surface area contributed by atoms with Crippen LogP contribution in [0.3, 0.4) is 0 Å². The lowest BCUT2D eigenvalue weighted by Gasteiger charge is -2.11. The summed E-state index contributed by atoms with van der Waals surface area (Å²) in [5.74, 6) is 1.88. The number of nitrogens with zero attached hydrogens (tertiary/aromatic N) is 3. The van der Waals surface area contributed by atoms with Crippen molar-refractivity contribution < 1.29 is 4.42 Å². The van der Waals surface area contributed by atoms with Gasteiger partial charge in [0.2, 0.25) is 0 Å². The highest BCUT2D eigenvalue weighted by atomic mass is 32.1. The number of hydrogen-bond donors (Lipinski definition) is 0. The predicted molar refractivity (Wildman–Crippen MR) is 285 cm³/mol. The fraction of sp³-hybridized carbons (Fsp3) is 0. The second-order valence-electron chi connectivity index (χ2n) is 17.6. The van der Waals surface area contributed by atoms with E-state index in [2.05, 4.69) is 224 Å². The van der Waals surface area contributed by atoms with Gasteiger partial charge in [-0.1, -0.05) is 170 Å². The summed E-state index contributed by atoms with van der Waals surface area (Å²) in [5.41, 5.74) is 11.5. The number of furan rings is 1. The van der Waals surface area contributed by atoms with Crippen LogP contribution in [0.2, 0.25) is 0 Å². The monoisotopic (exact) mass is 883 g/mol. The minimum absolute atomic E-state index is 0.624. The highest BCUT2D eigenvalue weighted by Crippen LogP contribution is 2.43. The van der Waals surface area contributed by atoms with Crippen molar-refractivity contribution in [2.24, 2.45) is 0 Å². The first-order valence-corrected chi connectivity index (χ1v) is 23.7. The van der Waals surface area contributed by atoms with E-state index >= 15 is 0 Å². The molecule has 0 saturated heterocycles. The largest absolute Gasteiger partial charge is 0.456 e. The first-order valence-electron chi connectivity index (χ1n) is 22.9. The van der Waals surface area contributed by atoms with Crippen molar-refractivity contribution in [3.05, 3.63) is 224 Å². The minimum Gasteiger partial charge on any atom is -0.456 e. The second-order valence-corrected chi connectivity index (χ2v) is 18.6. The summed E-state index contributed by atoms with van der Waals surface area (Å²) in [4.78, 5) is 15.4. The smallest absolute Gasteiger partial charge is 0.164 e. The molecule has 14 aromatic rings. The summed E-state index contributed by atoms with van der Waals surface area (Å²) >= 11 is 1.85. The van der Waals surface area contributed by atoms with E-state index in [4.69, 9.17) is 19.4 Å². The molecule has 11 aromatic carbocycles. The molecule has 0 unspecified atom stereocenters. The van der Waals surface area contributed by atoms with E-state index in [-0.39, 0.29) is 0 Å². The van der Waals surface area contributed by atoms with Crippen LogP contribution in [0.15, 0.2) is 229 Å². The van der Waals surface area contributed by atoms with Gasteiger partial charge >= 0.3 is 0 Å². The van der Waals surface area contributed by atoms with Crippen LogP contribution in [-0.4, -0.2) is 15.0 Å². The summed E-state index contributed by atoms with van der Waals surface area (Å²) in [5, 5.41) is 11.8. The fourth-order valence-corrected chi connectivity index (χ4v) is 11.2. The van der Waals surface area contributed by atoms with Gasteiger partial charge in [0.25, 0.3) is 0 Å². The molecule has 4 nitrogen and oxygen atoms in total. The van der Waals surface area contributed by atoms with Crippen LogP contribution >= 0.6 is 11.3 Å². The average Bonchev–Trinajstić information content (AvgIpc) is 3.99. The molecule has 0 aliphatic heterocycles. The third kappa shape index (κ3) is 6.47. The van der Waals surface area contributed by atoms with E-state index in [0.29, 0.717) is 17.5 Å². The van der Waals surface area contributed by atoms with Crippen molar-refractivity contribution in [3.63, 3.8) is 0 Å². The van der Waals surface area contributed by atoms with Gasteiger partial charge in [-0.25, -0.2) is 15.0 Å². The number of aromatic nitrogens is 3. The van der Waals surface area contributed by atoms with E-state index in [9.17, 15) is 0 Å². The molecule has 0 radical (unpaired) electrons. The van der Waals surface area contributed by atoms with Crippen LogP contribution in [0.5, 0.6) is 0 Å².